The second-order valence-corrected chi connectivity index (χ2v) is 10.2. The maximum absolute atomic E-state index is 13.6. The minimum Gasteiger partial charge on any atom is -0.381 e. The second-order valence-electron chi connectivity index (χ2n) is 10.2. The van der Waals surface area contributed by atoms with Gasteiger partial charge < -0.3 is 10.1 Å². The summed E-state index contributed by atoms with van der Waals surface area (Å²) in [6.45, 7) is 5.46. The molecule has 0 saturated carbocycles. The van der Waals surface area contributed by atoms with Crippen LogP contribution in [0.3, 0.4) is 0 Å². The minimum atomic E-state index is -0.644. The Morgan fingerprint density at radius 3 is 2.53 bits per heavy atom. The summed E-state index contributed by atoms with van der Waals surface area (Å²) in [4.78, 5) is 13.6. The van der Waals surface area contributed by atoms with Gasteiger partial charge in [-0.3, -0.25) is 4.79 Å². The lowest BCUT2D eigenvalue weighted by molar-refractivity contribution is -0.132. The molecule has 5 nitrogen and oxygen atoms in total. The lowest BCUT2D eigenvalue weighted by Gasteiger charge is -2.36. The normalized spacial score (nSPS) is 15.6. The van der Waals surface area contributed by atoms with Crippen LogP contribution in [0, 0.1) is 11.2 Å². The van der Waals surface area contributed by atoms with E-state index in [1.54, 1.807) is 12.1 Å². The molecule has 1 aliphatic heterocycles. The predicted molar refractivity (Wildman–Crippen MR) is 140 cm³/mol. The number of carbonyl (C=O) groups excluding carboxylic acids is 1. The molecule has 2 heterocycles. The molecule has 1 N–H and O–H groups in total. The monoisotopic (exact) mass is 485 g/mol. The number of nitrogens with one attached hydrogen (secondary N) is 1. The minimum absolute atomic E-state index is 0.0432. The van der Waals surface area contributed by atoms with Crippen molar-refractivity contribution in [3.05, 3.63) is 95.9 Å². The van der Waals surface area contributed by atoms with E-state index in [-0.39, 0.29) is 23.7 Å². The number of rotatable bonds is 7. The van der Waals surface area contributed by atoms with Gasteiger partial charge in [-0.15, -0.1) is 0 Å². The number of carbonyl (C=O) groups is 1. The highest BCUT2D eigenvalue weighted by molar-refractivity contribution is 5.85. The molecule has 1 aromatic heterocycles. The molecule has 1 amide bonds. The summed E-state index contributed by atoms with van der Waals surface area (Å²) in [6.07, 6.45) is 4.27. The van der Waals surface area contributed by atoms with Crippen LogP contribution in [0.4, 0.5) is 4.39 Å². The highest BCUT2D eigenvalue weighted by Crippen LogP contribution is 2.40. The molecule has 5 rings (SSSR count). The van der Waals surface area contributed by atoms with E-state index in [4.69, 9.17) is 4.74 Å². The van der Waals surface area contributed by atoms with Gasteiger partial charge in [-0.05, 0) is 66.8 Å². The van der Waals surface area contributed by atoms with Crippen LogP contribution < -0.4 is 5.32 Å². The van der Waals surface area contributed by atoms with Gasteiger partial charge in [0.05, 0.1) is 22.8 Å². The summed E-state index contributed by atoms with van der Waals surface area (Å²) in [5, 5.41) is 8.84. The van der Waals surface area contributed by atoms with Crippen molar-refractivity contribution < 1.29 is 13.9 Å². The number of aromatic nitrogens is 2. The SMILES string of the molecule is CC(C)(C(=O)NC1CCOCC1)C(Cc1ccccc1)c1ccc2c(cnn2-c2ccc(F)cc2)c1. The van der Waals surface area contributed by atoms with Gasteiger partial charge in [0.1, 0.15) is 5.82 Å². The predicted octanol–water partition coefficient (Wildman–Crippen LogP) is 5.81. The fourth-order valence-electron chi connectivity index (χ4n) is 5.07. The second kappa shape index (κ2) is 10.2. The fraction of sp³-hybridized carbons (Fsp3) is 0.333. The van der Waals surface area contributed by atoms with Crippen LogP contribution in [0.5, 0.6) is 0 Å². The molecule has 0 bridgehead atoms. The van der Waals surface area contributed by atoms with Gasteiger partial charge in [0.25, 0.3) is 0 Å². The first-order valence-corrected chi connectivity index (χ1v) is 12.6. The zero-order valence-electron chi connectivity index (χ0n) is 20.8. The number of hydrogen-bond acceptors (Lipinski definition) is 3. The summed E-state index contributed by atoms with van der Waals surface area (Å²) in [5.74, 6) is -0.252. The number of fused-ring (bicyclic) bond motifs is 1. The van der Waals surface area contributed by atoms with Crippen molar-refractivity contribution in [3.63, 3.8) is 0 Å². The van der Waals surface area contributed by atoms with Gasteiger partial charge in [0.15, 0.2) is 0 Å². The smallest absolute Gasteiger partial charge is 0.226 e. The van der Waals surface area contributed by atoms with E-state index in [0.29, 0.717) is 13.2 Å². The standard InChI is InChI=1S/C30H32FN3O2/c1-30(2,29(35)33-25-14-16-36-17-15-25)27(18-21-6-4-3-5-7-21)22-8-13-28-23(19-22)20-32-34(28)26-11-9-24(31)10-12-26/h3-13,19-20,25,27H,14-18H2,1-2H3,(H,33,35). The third-order valence-corrected chi connectivity index (χ3v) is 7.36. The number of nitrogens with zero attached hydrogens (tertiary/aromatic N) is 2. The van der Waals surface area contributed by atoms with Crippen molar-refractivity contribution in [1.82, 2.24) is 15.1 Å². The summed E-state index contributed by atoms with van der Waals surface area (Å²) >= 11 is 0. The molecule has 0 spiro atoms. The molecule has 0 aliphatic carbocycles. The summed E-state index contributed by atoms with van der Waals surface area (Å²) in [6, 6.07) is 23.1. The highest BCUT2D eigenvalue weighted by Gasteiger charge is 2.39. The Balaban J connectivity index is 1.49. The quantitative estimate of drug-likeness (QED) is 0.359. The van der Waals surface area contributed by atoms with Crippen molar-refractivity contribution in [2.24, 2.45) is 5.41 Å². The molecule has 1 atom stereocenters. The lowest BCUT2D eigenvalue weighted by atomic mass is 9.71. The van der Waals surface area contributed by atoms with Gasteiger partial charge in [-0.2, -0.15) is 5.10 Å². The average Bonchev–Trinajstić information content (AvgIpc) is 3.32. The van der Waals surface area contributed by atoms with Gasteiger partial charge in [-0.1, -0.05) is 50.2 Å². The third-order valence-electron chi connectivity index (χ3n) is 7.36. The molecule has 36 heavy (non-hydrogen) atoms. The Morgan fingerprint density at radius 1 is 1.08 bits per heavy atom. The Bertz CT molecular complexity index is 1330. The van der Waals surface area contributed by atoms with Crippen molar-refractivity contribution >= 4 is 16.8 Å². The molecule has 6 heteroatoms. The van der Waals surface area contributed by atoms with E-state index in [0.717, 1.165) is 41.4 Å². The van der Waals surface area contributed by atoms with E-state index >= 15 is 0 Å². The van der Waals surface area contributed by atoms with Gasteiger partial charge in [0, 0.05) is 30.6 Å². The molecule has 1 fully saturated rings. The molecule has 1 saturated heterocycles. The zero-order chi connectivity index (χ0) is 25.1. The Hall–Kier alpha value is -3.51. The van der Waals surface area contributed by atoms with Crippen LogP contribution in [-0.4, -0.2) is 34.9 Å². The van der Waals surface area contributed by atoms with Crippen molar-refractivity contribution in [2.45, 2.75) is 45.1 Å². The zero-order valence-corrected chi connectivity index (χ0v) is 20.8. The van der Waals surface area contributed by atoms with Crippen molar-refractivity contribution in [3.8, 4) is 5.69 Å². The van der Waals surface area contributed by atoms with Crippen molar-refractivity contribution in [2.75, 3.05) is 13.2 Å². The molecule has 3 aromatic carbocycles. The molecule has 1 unspecified atom stereocenters. The van der Waals surface area contributed by atoms with Gasteiger partial charge >= 0.3 is 0 Å². The van der Waals surface area contributed by atoms with Crippen LogP contribution in [0.15, 0.2) is 79.0 Å². The maximum Gasteiger partial charge on any atom is 0.226 e. The van der Waals surface area contributed by atoms with Crippen LogP contribution in [-0.2, 0) is 16.0 Å². The van der Waals surface area contributed by atoms with Gasteiger partial charge in [0.2, 0.25) is 5.91 Å². The van der Waals surface area contributed by atoms with E-state index in [1.807, 2.05) is 49.0 Å². The first-order chi connectivity index (χ1) is 17.4. The highest BCUT2D eigenvalue weighted by atomic mass is 19.1. The topological polar surface area (TPSA) is 56.1 Å². The molecular weight excluding hydrogens is 453 g/mol. The Labute approximate surface area is 211 Å². The molecule has 186 valence electrons. The van der Waals surface area contributed by atoms with E-state index in [2.05, 4.69) is 34.7 Å². The molecular formula is C30H32FN3O2. The lowest BCUT2D eigenvalue weighted by Crippen LogP contribution is -2.47. The molecule has 4 aromatic rings. The number of ether oxygens (including phenoxy) is 1. The summed E-state index contributed by atoms with van der Waals surface area (Å²) in [7, 11) is 0. The van der Waals surface area contributed by atoms with E-state index in [9.17, 15) is 9.18 Å². The summed E-state index contributed by atoms with van der Waals surface area (Å²) in [5.41, 5.74) is 3.38. The largest absolute Gasteiger partial charge is 0.381 e. The van der Waals surface area contributed by atoms with E-state index < -0.39 is 5.41 Å². The van der Waals surface area contributed by atoms with Crippen LogP contribution in [0.25, 0.3) is 16.6 Å². The van der Waals surface area contributed by atoms with Crippen LogP contribution >= 0.6 is 0 Å². The maximum atomic E-state index is 13.6. The Kier molecular flexibility index (Phi) is 6.88. The number of amides is 1. The number of halogens is 1. The average molecular weight is 486 g/mol. The fourth-order valence-corrected chi connectivity index (χ4v) is 5.07. The third kappa shape index (κ3) is 5.05. The molecule has 1 aliphatic rings. The van der Waals surface area contributed by atoms with Crippen molar-refractivity contribution in [1.29, 1.82) is 0 Å². The number of benzene rings is 3. The Morgan fingerprint density at radius 2 is 1.81 bits per heavy atom. The first-order valence-electron chi connectivity index (χ1n) is 12.6. The van der Waals surface area contributed by atoms with E-state index in [1.165, 1.54) is 17.7 Å². The molecule has 0 radical (unpaired) electrons. The number of hydrogen-bond donors (Lipinski definition) is 1. The van der Waals surface area contributed by atoms with Crippen LogP contribution in [0.1, 0.15) is 43.7 Å². The first kappa shape index (κ1) is 24.2. The van der Waals surface area contributed by atoms with Gasteiger partial charge in [-0.25, -0.2) is 9.07 Å². The van der Waals surface area contributed by atoms with Crippen LogP contribution in [0.2, 0.25) is 0 Å². The summed E-state index contributed by atoms with van der Waals surface area (Å²) < 4.78 is 20.7.